The summed E-state index contributed by atoms with van der Waals surface area (Å²) in [5.41, 5.74) is 5.92. The number of nitrogens with two attached hydrogens (primary N) is 1. The fourth-order valence-electron chi connectivity index (χ4n) is 2.60. The van der Waals surface area contributed by atoms with Gasteiger partial charge in [-0.05, 0) is 19.3 Å². The van der Waals surface area contributed by atoms with Crippen LogP contribution < -0.4 is 5.73 Å². The Morgan fingerprint density at radius 1 is 1.29 bits per heavy atom. The molecule has 0 aromatic heterocycles. The lowest BCUT2D eigenvalue weighted by Crippen LogP contribution is -2.50. The summed E-state index contributed by atoms with van der Waals surface area (Å²) in [5.74, 6) is 0.251. The summed E-state index contributed by atoms with van der Waals surface area (Å²) in [5, 5.41) is 0. The topological polar surface area (TPSA) is 49.6 Å². The van der Waals surface area contributed by atoms with Gasteiger partial charge in [0.25, 0.3) is 0 Å². The van der Waals surface area contributed by atoms with Gasteiger partial charge in [0.15, 0.2) is 0 Å². The summed E-state index contributed by atoms with van der Waals surface area (Å²) < 4.78 is 0. The van der Waals surface area contributed by atoms with Crippen molar-refractivity contribution in [3.8, 4) is 0 Å². The first-order valence-electron chi connectivity index (χ1n) is 6.98. The number of nitrogens with zero attached hydrogens (tertiary/aromatic N) is 2. The molecule has 2 N–H and O–H groups in total. The van der Waals surface area contributed by atoms with Crippen LogP contribution >= 0.6 is 0 Å². The highest BCUT2D eigenvalue weighted by molar-refractivity contribution is 5.76. The van der Waals surface area contributed by atoms with E-state index >= 15 is 0 Å². The molecule has 1 aliphatic carbocycles. The van der Waals surface area contributed by atoms with Crippen LogP contribution in [0.15, 0.2) is 0 Å². The number of hydrogen-bond acceptors (Lipinski definition) is 3. The summed E-state index contributed by atoms with van der Waals surface area (Å²) in [6.07, 6.45) is 5.25. The fourth-order valence-corrected chi connectivity index (χ4v) is 2.60. The first-order chi connectivity index (χ1) is 8.20. The molecule has 0 radical (unpaired) electrons. The average molecular weight is 239 g/mol. The zero-order valence-corrected chi connectivity index (χ0v) is 10.9. The molecular formula is C13H25N3O. The molecule has 17 heavy (non-hydrogen) atoms. The van der Waals surface area contributed by atoms with Gasteiger partial charge in [-0.15, -0.1) is 0 Å². The molecular weight excluding hydrogens is 214 g/mol. The molecule has 0 bridgehead atoms. The van der Waals surface area contributed by atoms with E-state index in [0.29, 0.717) is 6.42 Å². The van der Waals surface area contributed by atoms with Crippen molar-refractivity contribution < 1.29 is 4.79 Å². The van der Waals surface area contributed by atoms with Gasteiger partial charge in [0.05, 0.1) is 0 Å². The third-order valence-corrected chi connectivity index (χ3v) is 3.83. The third-order valence-electron chi connectivity index (χ3n) is 3.83. The molecule has 4 heteroatoms. The van der Waals surface area contributed by atoms with Crippen LogP contribution in [0.2, 0.25) is 0 Å². The molecule has 0 aromatic rings. The van der Waals surface area contributed by atoms with Crippen LogP contribution in [0.25, 0.3) is 0 Å². The normalized spacial score (nSPS) is 23.8. The Bertz CT molecular complexity index is 257. The smallest absolute Gasteiger partial charge is 0.224 e. The maximum atomic E-state index is 12.0. The van der Waals surface area contributed by atoms with Gasteiger partial charge in [-0.25, -0.2) is 0 Å². The fraction of sp³-hybridized carbons (Fsp3) is 0.923. The molecule has 1 saturated heterocycles. The predicted molar refractivity (Wildman–Crippen MR) is 68.7 cm³/mol. The van der Waals surface area contributed by atoms with Crippen LogP contribution in [0.4, 0.5) is 0 Å². The number of carbonyl (C=O) groups is 1. The van der Waals surface area contributed by atoms with E-state index in [1.807, 2.05) is 4.90 Å². The lowest BCUT2D eigenvalue weighted by Gasteiger charge is -2.35. The summed E-state index contributed by atoms with van der Waals surface area (Å²) in [6, 6.07) is 0.878. The molecule has 1 saturated carbocycles. The number of amides is 1. The zero-order valence-electron chi connectivity index (χ0n) is 10.9. The second kappa shape index (κ2) is 5.83. The number of piperazine rings is 1. The summed E-state index contributed by atoms with van der Waals surface area (Å²) in [6.45, 7) is 6.01. The largest absolute Gasteiger partial charge is 0.340 e. The van der Waals surface area contributed by atoms with Crippen LogP contribution in [-0.2, 0) is 4.79 Å². The first kappa shape index (κ1) is 12.8. The van der Waals surface area contributed by atoms with E-state index < -0.39 is 0 Å². The van der Waals surface area contributed by atoms with Gasteiger partial charge < -0.3 is 10.6 Å². The van der Waals surface area contributed by atoms with E-state index in [-0.39, 0.29) is 11.9 Å². The van der Waals surface area contributed by atoms with Gasteiger partial charge >= 0.3 is 0 Å². The highest BCUT2D eigenvalue weighted by Crippen LogP contribution is 2.27. The van der Waals surface area contributed by atoms with Crippen molar-refractivity contribution in [1.82, 2.24) is 9.80 Å². The SMILES string of the molecule is CCCC(N)CC(=O)N1CCN(C2CC2)CC1. The summed E-state index contributed by atoms with van der Waals surface area (Å²) in [7, 11) is 0. The van der Waals surface area contributed by atoms with E-state index in [4.69, 9.17) is 5.73 Å². The Kier molecular flexibility index (Phi) is 4.40. The minimum Gasteiger partial charge on any atom is -0.340 e. The highest BCUT2D eigenvalue weighted by atomic mass is 16.2. The molecule has 1 unspecified atom stereocenters. The maximum absolute atomic E-state index is 12.0. The molecule has 2 rings (SSSR count). The van der Waals surface area contributed by atoms with Crippen molar-refractivity contribution in [1.29, 1.82) is 0 Å². The van der Waals surface area contributed by atoms with E-state index in [0.717, 1.165) is 45.1 Å². The van der Waals surface area contributed by atoms with E-state index in [1.54, 1.807) is 0 Å². The molecule has 0 spiro atoms. The molecule has 98 valence electrons. The van der Waals surface area contributed by atoms with Crippen LogP contribution in [0.3, 0.4) is 0 Å². The van der Waals surface area contributed by atoms with Gasteiger partial charge in [-0.1, -0.05) is 13.3 Å². The average Bonchev–Trinajstić information content (AvgIpc) is 3.13. The van der Waals surface area contributed by atoms with Crippen molar-refractivity contribution in [2.75, 3.05) is 26.2 Å². The second-order valence-corrected chi connectivity index (χ2v) is 5.40. The van der Waals surface area contributed by atoms with Gasteiger partial charge in [-0.2, -0.15) is 0 Å². The monoisotopic (exact) mass is 239 g/mol. The summed E-state index contributed by atoms with van der Waals surface area (Å²) in [4.78, 5) is 16.5. The molecule has 2 fully saturated rings. The maximum Gasteiger partial charge on any atom is 0.224 e. The number of hydrogen-bond donors (Lipinski definition) is 1. The molecule has 1 heterocycles. The van der Waals surface area contributed by atoms with Crippen molar-refractivity contribution in [3.63, 3.8) is 0 Å². The van der Waals surface area contributed by atoms with E-state index in [2.05, 4.69) is 11.8 Å². The van der Waals surface area contributed by atoms with Crippen LogP contribution in [0.1, 0.15) is 39.0 Å². The summed E-state index contributed by atoms with van der Waals surface area (Å²) >= 11 is 0. The molecule has 0 aromatic carbocycles. The van der Waals surface area contributed by atoms with Crippen molar-refractivity contribution >= 4 is 5.91 Å². The number of carbonyl (C=O) groups excluding carboxylic acids is 1. The lowest BCUT2D eigenvalue weighted by molar-refractivity contribution is -0.133. The van der Waals surface area contributed by atoms with Crippen molar-refractivity contribution in [2.24, 2.45) is 5.73 Å². The molecule has 1 aliphatic heterocycles. The van der Waals surface area contributed by atoms with Crippen molar-refractivity contribution in [2.45, 2.75) is 51.1 Å². The molecule has 4 nitrogen and oxygen atoms in total. The van der Waals surface area contributed by atoms with Crippen LogP contribution in [0.5, 0.6) is 0 Å². The minimum atomic E-state index is 0.0500. The van der Waals surface area contributed by atoms with Crippen LogP contribution in [-0.4, -0.2) is 54.0 Å². The Morgan fingerprint density at radius 2 is 1.94 bits per heavy atom. The van der Waals surface area contributed by atoms with Gasteiger partial charge in [-0.3, -0.25) is 9.69 Å². The van der Waals surface area contributed by atoms with Gasteiger partial charge in [0.2, 0.25) is 5.91 Å². The molecule has 1 amide bonds. The second-order valence-electron chi connectivity index (χ2n) is 5.40. The quantitative estimate of drug-likeness (QED) is 0.772. The predicted octanol–water partition coefficient (Wildman–Crippen LogP) is 0.811. The number of rotatable bonds is 5. The Hall–Kier alpha value is -0.610. The molecule has 1 atom stereocenters. The zero-order chi connectivity index (χ0) is 12.3. The van der Waals surface area contributed by atoms with Crippen LogP contribution in [0, 0.1) is 0 Å². The third kappa shape index (κ3) is 3.68. The van der Waals surface area contributed by atoms with E-state index in [1.165, 1.54) is 12.8 Å². The Labute approximate surface area is 104 Å². The Morgan fingerprint density at radius 3 is 2.47 bits per heavy atom. The molecule has 2 aliphatic rings. The van der Waals surface area contributed by atoms with E-state index in [9.17, 15) is 4.79 Å². The Balaban J connectivity index is 1.69. The first-order valence-corrected chi connectivity index (χ1v) is 6.98. The van der Waals surface area contributed by atoms with Crippen molar-refractivity contribution in [3.05, 3.63) is 0 Å². The standard InChI is InChI=1S/C13H25N3O/c1-2-3-11(14)10-13(17)16-8-6-15(7-9-16)12-4-5-12/h11-12H,2-10,14H2,1H3. The van der Waals surface area contributed by atoms with Gasteiger partial charge in [0, 0.05) is 44.7 Å². The highest BCUT2D eigenvalue weighted by Gasteiger charge is 2.32. The van der Waals surface area contributed by atoms with Gasteiger partial charge in [0.1, 0.15) is 0 Å². The lowest BCUT2D eigenvalue weighted by atomic mass is 10.1. The minimum absolute atomic E-state index is 0.0500.